The molecule has 1 heterocycles. The van der Waals surface area contributed by atoms with Gasteiger partial charge in [-0.05, 0) is 36.1 Å². The third-order valence-electron chi connectivity index (χ3n) is 2.39. The molecule has 0 saturated carbocycles. The second-order valence-electron chi connectivity index (χ2n) is 3.71. The lowest BCUT2D eigenvalue weighted by Gasteiger charge is -2.04. The van der Waals surface area contributed by atoms with Crippen LogP contribution >= 0.6 is 11.3 Å². The van der Waals surface area contributed by atoms with Crippen molar-refractivity contribution in [3.63, 3.8) is 0 Å². The Labute approximate surface area is 104 Å². The highest BCUT2D eigenvalue weighted by molar-refractivity contribution is 7.09. The number of rotatable bonds is 4. The standard InChI is InChI=1S/C13H14N2OS/c14-11-4-1-3-10(9-11)13(16)15-7-6-12-5-2-8-17-12/h1-5,8-9H,6-7,14H2,(H,15,16). The Kier molecular flexibility index (Phi) is 3.77. The lowest BCUT2D eigenvalue weighted by Crippen LogP contribution is -2.25. The van der Waals surface area contributed by atoms with Crippen LogP contribution in [0, 0.1) is 0 Å². The van der Waals surface area contributed by atoms with Crippen LogP contribution < -0.4 is 11.1 Å². The first-order valence-corrected chi connectivity index (χ1v) is 6.30. The first-order valence-electron chi connectivity index (χ1n) is 5.42. The van der Waals surface area contributed by atoms with Crippen molar-refractivity contribution < 1.29 is 4.79 Å². The topological polar surface area (TPSA) is 55.1 Å². The zero-order valence-corrected chi connectivity index (χ0v) is 10.2. The normalized spacial score (nSPS) is 10.1. The second kappa shape index (κ2) is 5.50. The van der Waals surface area contributed by atoms with E-state index in [0.29, 0.717) is 17.8 Å². The fourth-order valence-corrected chi connectivity index (χ4v) is 2.25. The quantitative estimate of drug-likeness (QED) is 0.813. The Hall–Kier alpha value is -1.81. The summed E-state index contributed by atoms with van der Waals surface area (Å²) in [5, 5.41) is 4.91. The molecule has 3 N–H and O–H groups in total. The van der Waals surface area contributed by atoms with Crippen LogP contribution in [0.4, 0.5) is 5.69 Å². The summed E-state index contributed by atoms with van der Waals surface area (Å²) in [6, 6.07) is 11.1. The monoisotopic (exact) mass is 246 g/mol. The van der Waals surface area contributed by atoms with Gasteiger partial charge in [0, 0.05) is 22.7 Å². The van der Waals surface area contributed by atoms with E-state index in [1.807, 2.05) is 11.4 Å². The van der Waals surface area contributed by atoms with E-state index >= 15 is 0 Å². The highest BCUT2D eigenvalue weighted by Gasteiger charge is 2.04. The molecule has 0 fully saturated rings. The van der Waals surface area contributed by atoms with Crippen molar-refractivity contribution >= 4 is 22.9 Å². The van der Waals surface area contributed by atoms with E-state index < -0.39 is 0 Å². The van der Waals surface area contributed by atoms with Crippen molar-refractivity contribution in [1.29, 1.82) is 0 Å². The molecule has 2 aromatic rings. The van der Waals surface area contributed by atoms with Crippen LogP contribution in [0.15, 0.2) is 41.8 Å². The number of carbonyl (C=O) groups excluding carboxylic acids is 1. The van der Waals surface area contributed by atoms with Crippen LogP contribution in [0.1, 0.15) is 15.2 Å². The van der Waals surface area contributed by atoms with Gasteiger partial charge in [0.1, 0.15) is 0 Å². The van der Waals surface area contributed by atoms with Crippen molar-refractivity contribution in [2.45, 2.75) is 6.42 Å². The molecule has 1 amide bonds. The van der Waals surface area contributed by atoms with Gasteiger partial charge in [0.15, 0.2) is 0 Å². The van der Waals surface area contributed by atoms with E-state index in [1.165, 1.54) is 4.88 Å². The number of nitrogens with two attached hydrogens (primary N) is 1. The number of nitrogen functional groups attached to an aromatic ring is 1. The number of thiophene rings is 1. The molecule has 0 saturated heterocycles. The molecule has 0 radical (unpaired) electrons. The molecule has 88 valence electrons. The Balaban J connectivity index is 1.85. The third kappa shape index (κ3) is 3.32. The Morgan fingerprint density at radius 3 is 2.88 bits per heavy atom. The number of anilines is 1. The molecule has 17 heavy (non-hydrogen) atoms. The first kappa shape index (κ1) is 11.7. The zero-order chi connectivity index (χ0) is 12.1. The molecule has 0 aliphatic rings. The van der Waals surface area contributed by atoms with Crippen molar-refractivity contribution in [2.75, 3.05) is 12.3 Å². The molecule has 0 aliphatic carbocycles. The van der Waals surface area contributed by atoms with Crippen LogP contribution in [-0.4, -0.2) is 12.5 Å². The van der Waals surface area contributed by atoms with Gasteiger partial charge in [-0.3, -0.25) is 4.79 Å². The van der Waals surface area contributed by atoms with Crippen LogP contribution in [0.3, 0.4) is 0 Å². The van der Waals surface area contributed by atoms with Crippen LogP contribution in [0.5, 0.6) is 0 Å². The minimum Gasteiger partial charge on any atom is -0.399 e. The van der Waals surface area contributed by atoms with Gasteiger partial charge in [0.25, 0.3) is 5.91 Å². The number of carbonyl (C=O) groups is 1. The van der Waals surface area contributed by atoms with E-state index in [9.17, 15) is 4.79 Å². The fraction of sp³-hybridized carbons (Fsp3) is 0.154. The predicted molar refractivity (Wildman–Crippen MR) is 71.2 cm³/mol. The lowest BCUT2D eigenvalue weighted by molar-refractivity contribution is 0.0954. The summed E-state index contributed by atoms with van der Waals surface area (Å²) in [5.41, 5.74) is 6.84. The van der Waals surface area contributed by atoms with Crippen LogP contribution in [0.25, 0.3) is 0 Å². The summed E-state index contributed by atoms with van der Waals surface area (Å²) in [6.07, 6.45) is 0.867. The maximum absolute atomic E-state index is 11.8. The van der Waals surface area contributed by atoms with Crippen molar-refractivity contribution in [2.24, 2.45) is 0 Å². The second-order valence-corrected chi connectivity index (χ2v) is 4.74. The molecular weight excluding hydrogens is 232 g/mol. The van der Waals surface area contributed by atoms with Crippen molar-refractivity contribution in [1.82, 2.24) is 5.32 Å². The molecule has 4 heteroatoms. The molecule has 0 unspecified atom stereocenters. The number of amides is 1. The number of benzene rings is 1. The molecule has 0 atom stereocenters. The number of nitrogens with one attached hydrogen (secondary N) is 1. The summed E-state index contributed by atoms with van der Waals surface area (Å²) in [4.78, 5) is 13.0. The summed E-state index contributed by atoms with van der Waals surface area (Å²) < 4.78 is 0. The minimum absolute atomic E-state index is 0.0751. The van der Waals surface area contributed by atoms with Gasteiger partial charge in [-0.15, -0.1) is 11.3 Å². The van der Waals surface area contributed by atoms with Gasteiger partial charge >= 0.3 is 0 Å². The highest BCUT2D eigenvalue weighted by Crippen LogP contribution is 2.09. The molecule has 1 aromatic carbocycles. The summed E-state index contributed by atoms with van der Waals surface area (Å²) in [5.74, 6) is -0.0751. The molecule has 2 rings (SSSR count). The SMILES string of the molecule is Nc1cccc(C(=O)NCCc2cccs2)c1. The predicted octanol–water partition coefficient (Wildman–Crippen LogP) is 2.30. The van der Waals surface area contributed by atoms with Crippen molar-refractivity contribution in [3.8, 4) is 0 Å². The largest absolute Gasteiger partial charge is 0.399 e. The Morgan fingerprint density at radius 1 is 1.29 bits per heavy atom. The highest BCUT2D eigenvalue weighted by atomic mass is 32.1. The lowest BCUT2D eigenvalue weighted by atomic mass is 10.2. The smallest absolute Gasteiger partial charge is 0.251 e. The van der Waals surface area contributed by atoms with Crippen LogP contribution in [-0.2, 0) is 6.42 Å². The van der Waals surface area contributed by atoms with Gasteiger partial charge in [0.05, 0.1) is 0 Å². The van der Waals surface area contributed by atoms with Gasteiger partial charge in [-0.25, -0.2) is 0 Å². The minimum atomic E-state index is -0.0751. The number of hydrogen-bond donors (Lipinski definition) is 2. The zero-order valence-electron chi connectivity index (χ0n) is 9.35. The summed E-state index contributed by atoms with van der Waals surface area (Å²) in [6.45, 7) is 0.647. The van der Waals surface area contributed by atoms with E-state index in [0.717, 1.165) is 6.42 Å². The maximum Gasteiger partial charge on any atom is 0.251 e. The van der Waals surface area contributed by atoms with E-state index in [2.05, 4.69) is 11.4 Å². The fourth-order valence-electron chi connectivity index (χ4n) is 1.54. The third-order valence-corrected chi connectivity index (χ3v) is 3.32. The van der Waals surface area contributed by atoms with E-state index in [4.69, 9.17) is 5.73 Å². The molecule has 3 nitrogen and oxygen atoms in total. The van der Waals surface area contributed by atoms with E-state index in [1.54, 1.807) is 35.6 Å². The molecule has 0 bridgehead atoms. The van der Waals surface area contributed by atoms with Gasteiger partial charge < -0.3 is 11.1 Å². The average molecular weight is 246 g/mol. The van der Waals surface area contributed by atoms with Crippen molar-refractivity contribution in [3.05, 3.63) is 52.2 Å². The molecule has 0 spiro atoms. The molecular formula is C13H14N2OS. The molecule has 1 aromatic heterocycles. The van der Waals surface area contributed by atoms with Gasteiger partial charge in [-0.1, -0.05) is 12.1 Å². The van der Waals surface area contributed by atoms with Gasteiger partial charge in [-0.2, -0.15) is 0 Å². The van der Waals surface area contributed by atoms with Gasteiger partial charge in [0.2, 0.25) is 0 Å². The van der Waals surface area contributed by atoms with E-state index in [-0.39, 0.29) is 5.91 Å². The van der Waals surface area contributed by atoms with Crippen LogP contribution in [0.2, 0.25) is 0 Å². The maximum atomic E-state index is 11.8. The molecule has 0 aliphatic heterocycles. The summed E-state index contributed by atoms with van der Waals surface area (Å²) >= 11 is 1.70. The average Bonchev–Trinajstić information content (AvgIpc) is 2.82. The first-order chi connectivity index (χ1) is 8.25. The Morgan fingerprint density at radius 2 is 2.18 bits per heavy atom. The number of hydrogen-bond acceptors (Lipinski definition) is 3. The Bertz CT molecular complexity index is 494. The summed E-state index contributed by atoms with van der Waals surface area (Å²) in [7, 11) is 0.